The number of halogens is 2. The lowest BCUT2D eigenvalue weighted by Crippen LogP contribution is -2.40. The average molecular weight is 518 g/mol. The summed E-state index contributed by atoms with van der Waals surface area (Å²) in [5.74, 6) is 0.529. The molecule has 2 fully saturated rings. The van der Waals surface area contributed by atoms with Crippen molar-refractivity contribution < 1.29 is 14.9 Å². The fraction of sp³-hybridized carbons (Fsp3) is 0.667. The zero-order chi connectivity index (χ0) is 23.1. The molecule has 0 bridgehead atoms. The lowest BCUT2D eigenvalue weighted by molar-refractivity contribution is -0.0291. The number of aliphatic hydroxyl groups excluding tert-OH is 2. The molecule has 0 spiro atoms. The molecule has 5 heterocycles. The molecule has 0 aliphatic carbocycles. The van der Waals surface area contributed by atoms with Gasteiger partial charge in [0, 0.05) is 25.4 Å². The molecule has 33 heavy (non-hydrogen) atoms. The van der Waals surface area contributed by atoms with E-state index in [4.69, 9.17) is 27.9 Å². The second-order valence-corrected chi connectivity index (χ2v) is 10.2. The van der Waals surface area contributed by atoms with Gasteiger partial charge in [-0.05, 0) is 36.4 Å². The number of fused-ring (bicyclic) bond motifs is 1. The summed E-state index contributed by atoms with van der Waals surface area (Å²) in [6.45, 7) is 2.44. The van der Waals surface area contributed by atoms with E-state index in [1.54, 1.807) is 16.5 Å². The number of anilines is 1. The van der Waals surface area contributed by atoms with Gasteiger partial charge in [0.2, 0.25) is 5.28 Å². The summed E-state index contributed by atoms with van der Waals surface area (Å²) in [5, 5.41) is 27.6. The van der Waals surface area contributed by atoms with E-state index in [0.717, 1.165) is 32.6 Å². The Morgan fingerprint density at radius 3 is 2.70 bits per heavy atom. The number of hydrogen-bond acceptors (Lipinski definition) is 12. The quantitative estimate of drug-likeness (QED) is 0.287. The predicted molar refractivity (Wildman–Crippen MR) is 126 cm³/mol. The maximum atomic E-state index is 10.4. The van der Waals surface area contributed by atoms with Gasteiger partial charge in [0.25, 0.3) is 0 Å². The van der Waals surface area contributed by atoms with Crippen molar-refractivity contribution in [1.82, 2.24) is 33.8 Å². The topological polar surface area (TPSA) is 127 Å². The van der Waals surface area contributed by atoms with Crippen molar-refractivity contribution in [3.63, 3.8) is 0 Å². The van der Waals surface area contributed by atoms with Gasteiger partial charge in [-0.25, -0.2) is 14.4 Å². The first-order valence-corrected chi connectivity index (χ1v) is 12.4. The van der Waals surface area contributed by atoms with E-state index in [2.05, 4.69) is 30.5 Å². The molecule has 0 aromatic carbocycles. The van der Waals surface area contributed by atoms with Crippen LogP contribution in [0.5, 0.6) is 0 Å². The molecule has 180 valence electrons. The first kappa shape index (κ1) is 23.1. The lowest BCUT2D eigenvalue weighted by Gasteiger charge is -2.33. The highest BCUT2D eigenvalue weighted by Crippen LogP contribution is 2.34. The molecule has 5 rings (SSSR count). The molecule has 0 radical (unpaired) electrons. The highest BCUT2D eigenvalue weighted by atomic mass is 35.5. The summed E-state index contributed by atoms with van der Waals surface area (Å²) in [4.78, 5) is 15.1. The van der Waals surface area contributed by atoms with Gasteiger partial charge in [0.15, 0.2) is 23.2 Å². The number of hydrazine groups is 1. The number of imidazole rings is 1. The average Bonchev–Trinajstić information content (AvgIpc) is 3.48. The Morgan fingerprint density at radius 2 is 2.03 bits per heavy atom. The van der Waals surface area contributed by atoms with Gasteiger partial charge < -0.3 is 25.3 Å². The fourth-order valence-electron chi connectivity index (χ4n) is 4.11. The number of ether oxygens (including phenoxy) is 1. The molecule has 2 aromatic heterocycles. The molecular weight excluding hydrogens is 493 g/mol. The number of hydrogen-bond donors (Lipinski definition) is 3. The summed E-state index contributed by atoms with van der Waals surface area (Å²) in [6, 6.07) is 0. The van der Waals surface area contributed by atoms with Gasteiger partial charge in [0.1, 0.15) is 31.3 Å². The minimum Gasteiger partial charge on any atom is -0.387 e. The molecule has 0 saturated carbocycles. The van der Waals surface area contributed by atoms with Crippen LogP contribution >= 0.6 is 35.1 Å². The van der Waals surface area contributed by atoms with Gasteiger partial charge >= 0.3 is 0 Å². The van der Waals surface area contributed by atoms with Gasteiger partial charge in [-0.1, -0.05) is 0 Å². The van der Waals surface area contributed by atoms with Crippen LogP contribution in [0.15, 0.2) is 11.4 Å². The zero-order valence-corrected chi connectivity index (χ0v) is 20.2. The number of piperidine rings is 1. The van der Waals surface area contributed by atoms with E-state index in [1.165, 1.54) is 6.33 Å². The number of nitrogens with one attached hydrogen (secondary N) is 1. The lowest BCUT2D eigenvalue weighted by atomic mass is 10.1. The summed E-state index contributed by atoms with van der Waals surface area (Å²) in [6.07, 6.45) is 1.46. The second kappa shape index (κ2) is 9.56. The van der Waals surface area contributed by atoms with Crippen molar-refractivity contribution in [1.29, 1.82) is 0 Å². The molecule has 12 nitrogen and oxygen atoms in total. The van der Waals surface area contributed by atoms with Crippen molar-refractivity contribution in [3.8, 4) is 0 Å². The third-order valence-corrected chi connectivity index (χ3v) is 7.55. The first-order valence-electron chi connectivity index (χ1n) is 10.6. The Balaban J connectivity index is 1.27. The SMILES string of the molecule is CN1C=NN(SC2CCN(Nc3nc(Cl)nc4c3ncn4[C@@H]3O[C@H](CCl)C(O)C3O)CC2)C1. The third kappa shape index (κ3) is 4.67. The maximum Gasteiger partial charge on any atom is 0.226 e. The van der Waals surface area contributed by atoms with E-state index in [-0.39, 0.29) is 11.2 Å². The minimum atomic E-state index is -1.17. The zero-order valence-electron chi connectivity index (χ0n) is 17.8. The summed E-state index contributed by atoms with van der Waals surface area (Å²) in [7, 11) is 2.00. The van der Waals surface area contributed by atoms with Crippen LogP contribution in [0.25, 0.3) is 11.2 Å². The maximum absolute atomic E-state index is 10.4. The Bertz CT molecular complexity index is 1020. The van der Waals surface area contributed by atoms with Crippen molar-refractivity contribution in [2.75, 3.05) is 38.1 Å². The summed E-state index contributed by atoms with van der Waals surface area (Å²) >= 11 is 13.8. The second-order valence-electron chi connectivity index (χ2n) is 8.25. The monoisotopic (exact) mass is 517 g/mol. The van der Waals surface area contributed by atoms with Gasteiger partial charge in [-0.3, -0.25) is 4.57 Å². The van der Waals surface area contributed by atoms with Crippen LogP contribution in [0.2, 0.25) is 5.28 Å². The molecule has 2 saturated heterocycles. The molecule has 3 aliphatic heterocycles. The van der Waals surface area contributed by atoms with Crippen LogP contribution in [0.1, 0.15) is 19.1 Å². The number of rotatable bonds is 6. The Hall–Kier alpha value is -1.61. The number of hydrazone groups is 1. The van der Waals surface area contributed by atoms with Crippen molar-refractivity contribution in [2.24, 2.45) is 5.10 Å². The normalized spacial score (nSPS) is 29.0. The molecule has 2 unspecified atom stereocenters. The highest BCUT2D eigenvalue weighted by Gasteiger charge is 2.44. The van der Waals surface area contributed by atoms with Gasteiger partial charge in [0.05, 0.1) is 12.2 Å². The molecule has 0 amide bonds. The van der Waals surface area contributed by atoms with Crippen LogP contribution in [0.4, 0.5) is 5.82 Å². The smallest absolute Gasteiger partial charge is 0.226 e. The predicted octanol–water partition coefficient (Wildman–Crippen LogP) is 0.925. The van der Waals surface area contributed by atoms with E-state index < -0.39 is 24.5 Å². The molecule has 2 aromatic rings. The Kier molecular flexibility index (Phi) is 6.71. The van der Waals surface area contributed by atoms with Crippen LogP contribution in [-0.4, -0.2) is 107 Å². The molecule has 3 aliphatic rings. The van der Waals surface area contributed by atoms with E-state index in [9.17, 15) is 10.2 Å². The van der Waals surface area contributed by atoms with Crippen LogP contribution < -0.4 is 5.43 Å². The molecule has 4 atom stereocenters. The molecule has 15 heteroatoms. The number of nitrogens with zero attached hydrogens (tertiary/aromatic N) is 8. The van der Waals surface area contributed by atoms with Crippen molar-refractivity contribution >= 4 is 58.5 Å². The largest absolute Gasteiger partial charge is 0.387 e. The summed E-state index contributed by atoms with van der Waals surface area (Å²) in [5.41, 5.74) is 4.20. The molecular formula is C18H25Cl2N9O3S. The Labute approximate surface area is 204 Å². The number of aliphatic hydroxyl groups is 2. The van der Waals surface area contributed by atoms with Crippen molar-refractivity contribution in [2.45, 2.75) is 42.6 Å². The first-order chi connectivity index (χ1) is 15.9. The van der Waals surface area contributed by atoms with E-state index >= 15 is 0 Å². The fourth-order valence-corrected chi connectivity index (χ4v) is 5.64. The highest BCUT2D eigenvalue weighted by molar-refractivity contribution is 7.97. The number of alkyl halides is 1. The Morgan fingerprint density at radius 1 is 1.24 bits per heavy atom. The summed E-state index contributed by atoms with van der Waals surface area (Å²) < 4.78 is 9.29. The van der Waals surface area contributed by atoms with Crippen LogP contribution in [0.3, 0.4) is 0 Å². The van der Waals surface area contributed by atoms with Gasteiger partial charge in [-0.15, -0.1) is 11.6 Å². The van der Waals surface area contributed by atoms with Crippen LogP contribution in [0, 0.1) is 0 Å². The van der Waals surface area contributed by atoms with E-state index in [1.807, 2.05) is 22.7 Å². The number of aromatic nitrogens is 4. The third-order valence-electron chi connectivity index (χ3n) is 5.86. The minimum absolute atomic E-state index is 0.0372. The standard InChI is InChI=1S/C18H25Cl2N9O3S/c1-26-8-22-29(9-26)33-10-2-4-27(5-3-10)25-15-12-16(24-18(20)23-15)28(7-21-12)17-14(31)13(30)11(6-19)32-17/h7-8,10-11,13-14,17,30-31H,2-6,9H2,1H3,(H,23,24,25)/t11-,13?,14?,17-/m1/s1. The van der Waals surface area contributed by atoms with Crippen molar-refractivity contribution in [3.05, 3.63) is 11.6 Å². The van der Waals surface area contributed by atoms with Gasteiger partial charge in [-0.2, -0.15) is 15.1 Å². The van der Waals surface area contributed by atoms with E-state index in [0.29, 0.717) is 22.2 Å². The molecule has 3 N–H and O–H groups in total. The van der Waals surface area contributed by atoms with Crippen LogP contribution in [-0.2, 0) is 4.74 Å².